The van der Waals surface area contributed by atoms with Crippen molar-refractivity contribution in [2.45, 2.75) is 26.9 Å². The van der Waals surface area contributed by atoms with Crippen molar-refractivity contribution in [2.75, 3.05) is 6.54 Å². The Balaban J connectivity index is 1.31. The van der Waals surface area contributed by atoms with E-state index in [1.165, 1.54) is 0 Å². The normalized spacial score (nSPS) is 10.7. The van der Waals surface area contributed by atoms with Gasteiger partial charge in [0, 0.05) is 17.8 Å². The number of primary amides is 1. The van der Waals surface area contributed by atoms with Gasteiger partial charge in [-0.1, -0.05) is 36.4 Å². The molecule has 0 fully saturated rings. The Bertz CT molecular complexity index is 1340. The minimum absolute atomic E-state index is 0.149. The van der Waals surface area contributed by atoms with Crippen LogP contribution in [0.3, 0.4) is 0 Å². The summed E-state index contributed by atoms with van der Waals surface area (Å²) in [5.74, 6) is -0.280. The van der Waals surface area contributed by atoms with Crippen LogP contribution in [-0.4, -0.2) is 28.1 Å². The molecule has 178 valence electrons. The lowest BCUT2D eigenvalue weighted by Crippen LogP contribution is -2.25. The van der Waals surface area contributed by atoms with Crippen LogP contribution in [0.25, 0.3) is 5.69 Å². The van der Waals surface area contributed by atoms with Gasteiger partial charge in [-0.3, -0.25) is 9.59 Å². The first-order valence-corrected chi connectivity index (χ1v) is 11.4. The van der Waals surface area contributed by atoms with Crippen molar-refractivity contribution in [3.63, 3.8) is 0 Å². The van der Waals surface area contributed by atoms with Gasteiger partial charge in [-0.25, -0.2) is 4.68 Å². The molecular weight excluding hydrogens is 440 g/mol. The van der Waals surface area contributed by atoms with Gasteiger partial charge >= 0.3 is 0 Å². The van der Waals surface area contributed by atoms with Gasteiger partial charge in [0.1, 0.15) is 12.4 Å². The largest absolute Gasteiger partial charge is 0.488 e. The van der Waals surface area contributed by atoms with Crippen LogP contribution in [0.4, 0.5) is 0 Å². The first kappa shape index (κ1) is 23.8. The molecule has 0 unspecified atom stereocenters. The van der Waals surface area contributed by atoms with E-state index >= 15 is 0 Å². The number of hydrogen-bond acceptors (Lipinski definition) is 4. The third-order valence-corrected chi connectivity index (χ3v) is 5.63. The van der Waals surface area contributed by atoms with Crippen molar-refractivity contribution >= 4 is 11.8 Å². The first-order chi connectivity index (χ1) is 16.9. The molecule has 0 atom stereocenters. The molecule has 0 radical (unpaired) electrons. The van der Waals surface area contributed by atoms with E-state index < -0.39 is 5.91 Å². The number of ether oxygens (including phenoxy) is 1. The fraction of sp³-hybridized carbons (Fsp3) is 0.179. The molecule has 0 aliphatic rings. The van der Waals surface area contributed by atoms with Crippen molar-refractivity contribution in [1.29, 1.82) is 0 Å². The van der Waals surface area contributed by atoms with Gasteiger partial charge in [-0.2, -0.15) is 5.10 Å². The number of carbonyl (C=O) groups is 2. The topological polar surface area (TPSA) is 99.2 Å². The van der Waals surface area contributed by atoms with Crippen LogP contribution in [0.15, 0.2) is 78.9 Å². The summed E-state index contributed by atoms with van der Waals surface area (Å²) in [7, 11) is 0. The highest BCUT2D eigenvalue weighted by atomic mass is 16.5. The Labute approximate surface area is 204 Å². The Hall–Kier alpha value is -4.39. The minimum atomic E-state index is -0.546. The molecule has 4 rings (SSSR count). The van der Waals surface area contributed by atoms with E-state index in [9.17, 15) is 9.59 Å². The quantitative estimate of drug-likeness (QED) is 0.386. The van der Waals surface area contributed by atoms with Crippen LogP contribution in [0.2, 0.25) is 0 Å². The molecular formula is C28H28N4O3. The van der Waals surface area contributed by atoms with Crippen molar-refractivity contribution in [1.82, 2.24) is 15.1 Å². The van der Waals surface area contributed by atoms with Gasteiger partial charge in [0.25, 0.3) is 11.8 Å². The summed E-state index contributed by atoms with van der Waals surface area (Å²) in [4.78, 5) is 24.2. The number of para-hydroxylation sites is 1. The van der Waals surface area contributed by atoms with E-state index in [0.29, 0.717) is 23.4 Å². The Morgan fingerprint density at radius 1 is 0.943 bits per heavy atom. The molecule has 3 N–H and O–H groups in total. The highest BCUT2D eigenvalue weighted by Crippen LogP contribution is 2.19. The van der Waals surface area contributed by atoms with E-state index in [4.69, 9.17) is 10.5 Å². The van der Waals surface area contributed by atoms with Crippen molar-refractivity contribution in [2.24, 2.45) is 5.73 Å². The monoisotopic (exact) mass is 468 g/mol. The fourth-order valence-electron chi connectivity index (χ4n) is 3.88. The molecule has 1 aromatic heterocycles. The molecule has 0 spiro atoms. The van der Waals surface area contributed by atoms with Crippen LogP contribution in [-0.2, 0) is 13.0 Å². The lowest BCUT2D eigenvalue weighted by atomic mass is 10.1. The molecule has 2 amide bonds. The number of aromatic nitrogens is 2. The molecule has 4 aromatic rings. The number of nitrogens with two attached hydrogens (primary N) is 1. The number of hydrogen-bond donors (Lipinski definition) is 2. The van der Waals surface area contributed by atoms with Crippen LogP contribution in [0.1, 0.15) is 43.2 Å². The number of nitrogens with zero attached hydrogens (tertiary/aromatic N) is 2. The standard InChI is InChI=1S/C28H28N4O3/c1-19-16-20(2)32(31-19)24-12-10-21(11-13-24)14-15-30-28(34)23-7-5-6-22(17-23)18-35-26-9-4-3-8-25(26)27(29)33/h3-13,16-17H,14-15,18H2,1-2H3,(H2,29,33)(H,30,34). The SMILES string of the molecule is Cc1cc(C)n(-c2ccc(CCNC(=O)c3cccc(COc4ccccc4C(N)=O)c3)cc2)n1. The van der Waals surface area contributed by atoms with Crippen LogP contribution in [0.5, 0.6) is 5.75 Å². The third kappa shape index (κ3) is 5.95. The smallest absolute Gasteiger partial charge is 0.252 e. The van der Waals surface area contributed by atoms with E-state index in [1.807, 2.05) is 48.9 Å². The Morgan fingerprint density at radius 3 is 2.43 bits per heavy atom. The molecule has 0 aliphatic carbocycles. The first-order valence-electron chi connectivity index (χ1n) is 11.4. The molecule has 7 nitrogen and oxygen atoms in total. The second-order valence-electron chi connectivity index (χ2n) is 8.36. The number of nitrogens with one attached hydrogen (secondary N) is 1. The molecule has 3 aromatic carbocycles. The average molecular weight is 469 g/mol. The molecule has 0 aliphatic heterocycles. The summed E-state index contributed by atoms with van der Waals surface area (Å²) in [5.41, 5.74) is 11.3. The van der Waals surface area contributed by atoms with Gasteiger partial charge in [-0.05, 0) is 73.9 Å². The molecule has 0 bridgehead atoms. The fourth-order valence-corrected chi connectivity index (χ4v) is 3.88. The highest BCUT2D eigenvalue weighted by Gasteiger charge is 2.10. The predicted octanol–water partition coefficient (Wildman–Crippen LogP) is 4.14. The van der Waals surface area contributed by atoms with Crippen molar-refractivity contribution in [3.05, 3.63) is 113 Å². The zero-order chi connectivity index (χ0) is 24.8. The number of amides is 2. The van der Waals surface area contributed by atoms with Crippen molar-refractivity contribution < 1.29 is 14.3 Å². The summed E-state index contributed by atoms with van der Waals surface area (Å²) in [5, 5.41) is 7.48. The second-order valence-corrected chi connectivity index (χ2v) is 8.36. The van der Waals surface area contributed by atoms with E-state index in [0.717, 1.165) is 34.6 Å². The maximum absolute atomic E-state index is 12.7. The van der Waals surface area contributed by atoms with E-state index in [1.54, 1.807) is 36.4 Å². The zero-order valence-electron chi connectivity index (χ0n) is 19.8. The number of benzene rings is 3. The highest BCUT2D eigenvalue weighted by molar-refractivity contribution is 5.95. The third-order valence-electron chi connectivity index (χ3n) is 5.63. The average Bonchev–Trinajstić information content (AvgIpc) is 3.21. The minimum Gasteiger partial charge on any atom is -0.488 e. The van der Waals surface area contributed by atoms with Gasteiger partial charge in [0.2, 0.25) is 0 Å². The van der Waals surface area contributed by atoms with Crippen LogP contribution >= 0.6 is 0 Å². The number of aryl methyl sites for hydroxylation is 2. The van der Waals surface area contributed by atoms with Gasteiger partial charge in [-0.15, -0.1) is 0 Å². The molecule has 0 saturated carbocycles. The van der Waals surface area contributed by atoms with E-state index in [2.05, 4.69) is 22.5 Å². The number of rotatable bonds is 9. The van der Waals surface area contributed by atoms with Gasteiger partial charge < -0.3 is 15.8 Å². The zero-order valence-corrected chi connectivity index (χ0v) is 19.8. The van der Waals surface area contributed by atoms with Gasteiger partial charge in [0.15, 0.2) is 0 Å². The Morgan fingerprint density at radius 2 is 1.71 bits per heavy atom. The molecule has 0 saturated heterocycles. The lowest BCUT2D eigenvalue weighted by molar-refractivity contribution is 0.0952. The van der Waals surface area contributed by atoms with E-state index in [-0.39, 0.29) is 12.5 Å². The summed E-state index contributed by atoms with van der Waals surface area (Å²) in [6.07, 6.45) is 0.718. The lowest BCUT2D eigenvalue weighted by Gasteiger charge is -2.11. The maximum atomic E-state index is 12.7. The molecule has 7 heteroatoms. The molecule has 35 heavy (non-hydrogen) atoms. The van der Waals surface area contributed by atoms with Gasteiger partial charge in [0.05, 0.1) is 16.9 Å². The van der Waals surface area contributed by atoms with Crippen LogP contribution in [0, 0.1) is 13.8 Å². The summed E-state index contributed by atoms with van der Waals surface area (Å²) in [6, 6.07) is 24.3. The summed E-state index contributed by atoms with van der Waals surface area (Å²) in [6.45, 7) is 4.74. The van der Waals surface area contributed by atoms with Crippen LogP contribution < -0.4 is 15.8 Å². The maximum Gasteiger partial charge on any atom is 0.252 e. The second kappa shape index (κ2) is 10.7. The Kier molecular flexibility index (Phi) is 7.26. The summed E-state index contributed by atoms with van der Waals surface area (Å²) >= 11 is 0. The van der Waals surface area contributed by atoms with Crippen molar-refractivity contribution in [3.8, 4) is 11.4 Å². The molecule has 1 heterocycles. The number of carbonyl (C=O) groups excluding carboxylic acids is 2. The summed E-state index contributed by atoms with van der Waals surface area (Å²) < 4.78 is 7.69. The predicted molar refractivity (Wildman–Crippen MR) is 135 cm³/mol.